The van der Waals surface area contributed by atoms with E-state index in [-0.39, 0.29) is 5.91 Å². The minimum Gasteiger partial charge on any atom is -0.336 e. The van der Waals surface area contributed by atoms with Crippen LogP contribution in [0.3, 0.4) is 0 Å². The van der Waals surface area contributed by atoms with E-state index in [2.05, 4.69) is 20.4 Å². The van der Waals surface area contributed by atoms with Gasteiger partial charge in [0.1, 0.15) is 0 Å². The van der Waals surface area contributed by atoms with E-state index in [1.54, 1.807) is 0 Å². The van der Waals surface area contributed by atoms with Gasteiger partial charge in [-0.15, -0.1) is 0 Å². The van der Waals surface area contributed by atoms with Gasteiger partial charge in [-0.3, -0.25) is 4.79 Å². The Labute approximate surface area is 74.2 Å². The Balaban J connectivity index is 2.38. The van der Waals surface area contributed by atoms with E-state index in [1.165, 1.54) is 6.08 Å². The Hall–Kier alpha value is -0.790. The lowest BCUT2D eigenvalue weighted by Gasteiger charge is -2.41. The molecule has 0 aromatic carbocycles. The molecule has 0 saturated carbocycles. The number of hydrogen-bond acceptors (Lipinski definition) is 1. The molecule has 0 aromatic heterocycles. The second kappa shape index (κ2) is 3.74. The highest BCUT2D eigenvalue weighted by molar-refractivity contribution is 5.87. The minimum absolute atomic E-state index is 0.0897. The third-order valence-electron chi connectivity index (χ3n) is 2.35. The van der Waals surface area contributed by atoms with Crippen molar-refractivity contribution < 1.29 is 4.79 Å². The molecule has 2 heteroatoms. The molecule has 1 heterocycles. The van der Waals surface area contributed by atoms with Gasteiger partial charge in [0.25, 0.3) is 0 Å². The van der Waals surface area contributed by atoms with Gasteiger partial charge >= 0.3 is 0 Å². The maximum Gasteiger partial charge on any atom is 0.246 e. The first-order chi connectivity index (χ1) is 5.65. The number of rotatable bonds is 3. The fourth-order valence-electron chi connectivity index (χ4n) is 1.64. The van der Waals surface area contributed by atoms with Crippen molar-refractivity contribution in [2.75, 3.05) is 6.54 Å². The number of likely N-dealkylation sites (tertiary alicyclic amines) is 1. The van der Waals surface area contributed by atoms with Crippen LogP contribution in [0.5, 0.6) is 0 Å². The Morgan fingerprint density at radius 2 is 2.42 bits per heavy atom. The molecule has 0 bridgehead atoms. The molecule has 0 N–H and O–H groups in total. The molecular weight excluding hydrogens is 150 g/mol. The van der Waals surface area contributed by atoms with Gasteiger partial charge < -0.3 is 4.90 Å². The summed E-state index contributed by atoms with van der Waals surface area (Å²) >= 11 is 0. The molecule has 68 valence electrons. The third-order valence-corrected chi connectivity index (χ3v) is 2.35. The molecule has 0 aliphatic carbocycles. The summed E-state index contributed by atoms with van der Waals surface area (Å²) in [5.41, 5.74) is 0. The van der Waals surface area contributed by atoms with Crippen LogP contribution >= 0.6 is 0 Å². The fraction of sp³-hybridized carbons (Fsp3) is 0.700. The van der Waals surface area contributed by atoms with E-state index in [0.717, 1.165) is 19.4 Å². The van der Waals surface area contributed by atoms with Crippen LogP contribution in [0.2, 0.25) is 0 Å². The average molecular weight is 167 g/mol. The number of amides is 1. The Morgan fingerprint density at radius 3 is 2.75 bits per heavy atom. The molecule has 1 aliphatic rings. The predicted octanol–water partition coefficient (Wildman–Crippen LogP) is 1.82. The third kappa shape index (κ3) is 1.87. The van der Waals surface area contributed by atoms with Crippen LogP contribution in [0.15, 0.2) is 12.7 Å². The van der Waals surface area contributed by atoms with Gasteiger partial charge in [0.15, 0.2) is 0 Å². The number of nitrogens with zero attached hydrogens (tertiary/aromatic N) is 1. The van der Waals surface area contributed by atoms with Crippen LogP contribution < -0.4 is 0 Å². The van der Waals surface area contributed by atoms with Crippen molar-refractivity contribution in [1.29, 1.82) is 0 Å². The summed E-state index contributed by atoms with van der Waals surface area (Å²) in [7, 11) is 0. The van der Waals surface area contributed by atoms with Crippen molar-refractivity contribution in [3.05, 3.63) is 12.7 Å². The molecule has 1 rings (SSSR count). The largest absolute Gasteiger partial charge is 0.336 e. The second-order valence-electron chi connectivity index (χ2n) is 3.81. The Bertz CT molecular complexity index is 186. The van der Waals surface area contributed by atoms with Crippen LogP contribution in [0.4, 0.5) is 0 Å². The van der Waals surface area contributed by atoms with Crippen LogP contribution in [-0.4, -0.2) is 23.4 Å². The van der Waals surface area contributed by atoms with Crippen LogP contribution in [0, 0.1) is 5.92 Å². The van der Waals surface area contributed by atoms with Gasteiger partial charge in [-0.25, -0.2) is 0 Å². The zero-order chi connectivity index (χ0) is 9.14. The maximum absolute atomic E-state index is 11.2. The molecule has 0 radical (unpaired) electrons. The van der Waals surface area contributed by atoms with Crippen LogP contribution in [0.1, 0.15) is 26.7 Å². The van der Waals surface area contributed by atoms with Crippen molar-refractivity contribution >= 4 is 5.91 Å². The highest BCUT2D eigenvalue weighted by Gasteiger charge is 2.30. The highest BCUT2D eigenvalue weighted by Crippen LogP contribution is 2.23. The first kappa shape index (κ1) is 9.30. The first-order valence-electron chi connectivity index (χ1n) is 4.58. The summed E-state index contributed by atoms with van der Waals surface area (Å²) < 4.78 is 0. The van der Waals surface area contributed by atoms with Crippen molar-refractivity contribution in [2.24, 2.45) is 5.92 Å². The Morgan fingerprint density at radius 1 is 1.75 bits per heavy atom. The zero-order valence-electron chi connectivity index (χ0n) is 7.92. The van der Waals surface area contributed by atoms with Gasteiger partial charge in [0, 0.05) is 12.6 Å². The molecule has 12 heavy (non-hydrogen) atoms. The monoisotopic (exact) mass is 167 g/mol. The van der Waals surface area contributed by atoms with E-state index in [9.17, 15) is 4.79 Å². The van der Waals surface area contributed by atoms with Crippen molar-refractivity contribution in [2.45, 2.75) is 32.7 Å². The summed E-state index contributed by atoms with van der Waals surface area (Å²) in [5.74, 6) is 0.766. The van der Waals surface area contributed by atoms with E-state index < -0.39 is 0 Å². The highest BCUT2D eigenvalue weighted by atomic mass is 16.2. The lowest BCUT2D eigenvalue weighted by atomic mass is 9.93. The van der Waals surface area contributed by atoms with Gasteiger partial charge in [0.05, 0.1) is 0 Å². The molecule has 1 aliphatic heterocycles. The minimum atomic E-state index is 0.0897. The van der Waals surface area contributed by atoms with Crippen molar-refractivity contribution in [3.63, 3.8) is 0 Å². The summed E-state index contributed by atoms with van der Waals surface area (Å²) in [5, 5.41) is 0. The van der Waals surface area contributed by atoms with Crippen molar-refractivity contribution in [3.8, 4) is 0 Å². The first-order valence-corrected chi connectivity index (χ1v) is 4.58. The number of carbonyl (C=O) groups is 1. The fourth-order valence-corrected chi connectivity index (χ4v) is 1.64. The SMILES string of the molecule is C=CC(=O)N1CCC1CC(C)C. The van der Waals surface area contributed by atoms with Crippen molar-refractivity contribution in [1.82, 2.24) is 4.90 Å². The summed E-state index contributed by atoms with van der Waals surface area (Å²) in [6.45, 7) is 8.78. The summed E-state index contributed by atoms with van der Waals surface area (Å²) in [4.78, 5) is 13.1. The molecule has 1 unspecified atom stereocenters. The molecule has 0 spiro atoms. The molecule has 1 amide bonds. The lowest BCUT2D eigenvalue weighted by molar-refractivity contribution is -0.133. The smallest absolute Gasteiger partial charge is 0.246 e. The van der Waals surface area contributed by atoms with Crippen LogP contribution in [0.25, 0.3) is 0 Å². The molecule has 2 nitrogen and oxygen atoms in total. The molecule has 1 fully saturated rings. The van der Waals surface area contributed by atoms with E-state index in [4.69, 9.17) is 0 Å². The van der Waals surface area contributed by atoms with Gasteiger partial charge in [0.2, 0.25) is 5.91 Å². The standard InChI is InChI=1S/C10H17NO/c1-4-10(12)11-6-5-9(11)7-8(2)3/h4,8-9H,1,5-7H2,2-3H3. The maximum atomic E-state index is 11.2. The molecule has 0 aromatic rings. The summed E-state index contributed by atoms with van der Waals surface area (Å²) in [6.07, 6.45) is 3.70. The molecule has 1 atom stereocenters. The lowest BCUT2D eigenvalue weighted by Crippen LogP contribution is -2.50. The number of hydrogen-bond donors (Lipinski definition) is 0. The molecule has 1 saturated heterocycles. The molecular formula is C10H17NO. The number of carbonyl (C=O) groups excluding carboxylic acids is 1. The van der Waals surface area contributed by atoms with E-state index in [1.807, 2.05) is 4.90 Å². The predicted molar refractivity (Wildman–Crippen MR) is 49.8 cm³/mol. The van der Waals surface area contributed by atoms with Gasteiger partial charge in [-0.2, -0.15) is 0 Å². The quantitative estimate of drug-likeness (QED) is 0.587. The average Bonchev–Trinajstić information content (AvgIpc) is 1.98. The summed E-state index contributed by atoms with van der Waals surface area (Å²) in [6, 6.07) is 0.482. The zero-order valence-corrected chi connectivity index (χ0v) is 7.92. The van der Waals surface area contributed by atoms with Gasteiger partial charge in [-0.1, -0.05) is 20.4 Å². The topological polar surface area (TPSA) is 20.3 Å². The van der Waals surface area contributed by atoms with Crippen LogP contribution in [-0.2, 0) is 4.79 Å². The van der Waals surface area contributed by atoms with Gasteiger partial charge in [-0.05, 0) is 24.8 Å². The van der Waals surface area contributed by atoms with E-state index >= 15 is 0 Å². The Kier molecular flexibility index (Phi) is 2.90. The second-order valence-corrected chi connectivity index (χ2v) is 3.81. The van der Waals surface area contributed by atoms with E-state index in [0.29, 0.717) is 12.0 Å². The normalized spacial score (nSPS) is 22.2.